The van der Waals surface area contributed by atoms with Gasteiger partial charge in [0.1, 0.15) is 11.4 Å². The number of rotatable bonds is 5. The first kappa shape index (κ1) is 18.2. The van der Waals surface area contributed by atoms with Crippen molar-refractivity contribution in [3.8, 4) is 5.75 Å². The molecule has 26 heavy (non-hydrogen) atoms. The summed E-state index contributed by atoms with van der Waals surface area (Å²) in [6, 6.07) is 15.4. The van der Waals surface area contributed by atoms with Gasteiger partial charge in [-0.1, -0.05) is 35.9 Å². The number of nitrogens with zero attached hydrogens (tertiary/aromatic N) is 1. The van der Waals surface area contributed by atoms with Crippen molar-refractivity contribution in [2.45, 2.75) is 19.1 Å². The molecular weight excluding hydrogens is 352 g/mol. The van der Waals surface area contributed by atoms with Crippen molar-refractivity contribution < 1.29 is 14.6 Å². The molecule has 134 valence electrons. The Morgan fingerprint density at radius 3 is 2.54 bits per heavy atom. The number of nitrogens with one attached hydrogen (secondary N) is 1. The van der Waals surface area contributed by atoms with E-state index in [2.05, 4.69) is 10.3 Å². The summed E-state index contributed by atoms with van der Waals surface area (Å²) in [5, 5.41) is 14.7. The average Bonchev–Trinajstić information content (AvgIpc) is 2.66. The predicted octanol–water partition coefficient (Wildman–Crippen LogP) is 3.75. The van der Waals surface area contributed by atoms with Crippen LogP contribution in [0.4, 0.5) is 0 Å². The molecule has 6 heteroatoms. The van der Waals surface area contributed by atoms with Crippen LogP contribution in [0.1, 0.15) is 29.1 Å². The van der Waals surface area contributed by atoms with Gasteiger partial charge in [-0.25, -0.2) is 4.98 Å². The molecule has 1 heterocycles. The standard InChI is InChI=1S/C20H19ClN2O3/c1-12(19(24)14-4-8-16(26-2)9-5-14)22-20(25)17-10-6-13-3-7-15(21)11-18(13)23-17/h3-12,19,24H,1-2H3,(H,22,25)/t12-,19-/m0/s1. The number of halogens is 1. The van der Waals surface area contributed by atoms with E-state index in [9.17, 15) is 9.90 Å². The van der Waals surface area contributed by atoms with Crippen molar-refractivity contribution in [3.05, 3.63) is 70.9 Å². The number of aromatic nitrogens is 1. The van der Waals surface area contributed by atoms with Gasteiger partial charge in [-0.15, -0.1) is 0 Å². The van der Waals surface area contributed by atoms with Crippen molar-refractivity contribution in [2.75, 3.05) is 7.11 Å². The number of fused-ring (bicyclic) bond motifs is 1. The molecule has 3 rings (SSSR count). The number of carbonyl (C=O) groups excluding carboxylic acids is 1. The van der Waals surface area contributed by atoms with E-state index in [4.69, 9.17) is 16.3 Å². The van der Waals surface area contributed by atoms with Crippen LogP contribution in [0.15, 0.2) is 54.6 Å². The molecule has 5 nitrogen and oxygen atoms in total. The Morgan fingerprint density at radius 1 is 1.15 bits per heavy atom. The average molecular weight is 371 g/mol. The van der Waals surface area contributed by atoms with Crippen LogP contribution in [-0.2, 0) is 0 Å². The highest BCUT2D eigenvalue weighted by molar-refractivity contribution is 6.31. The Kier molecular flexibility index (Phi) is 5.40. The summed E-state index contributed by atoms with van der Waals surface area (Å²) < 4.78 is 5.11. The van der Waals surface area contributed by atoms with E-state index in [-0.39, 0.29) is 11.6 Å². The van der Waals surface area contributed by atoms with Crippen LogP contribution in [0, 0.1) is 0 Å². The molecule has 0 aliphatic rings. The highest BCUT2D eigenvalue weighted by atomic mass is 35.5. The summed E-state index contributed by atoms with van der Waals surface area (Å²) in [4.78, 5) is 16.8. The summed E-state index contributed by atoms with van der Waals surface area (Å²) in [6.45, 7) is 1.74. The molecule has 1 amide bonds. The van der Waals surface area contributed by atoms with Crippen LogP contribution in [0.2, 0.25) is 5.02 Å². The molecule has 2 aromatic carbocycles. The lowest BCUT2D eigenvalue weighted by atomic mass is 10.0. The molecule has 0 spiro atoms. The van der Waals surface area contributed by atoms with E-state index in [1.165, 1.54) is 0 Å². The fourth-order valence-electron chi connectivity index (χ4n) is 2.67. The van der Waals surface area contributed by atoms with Crippen molar-refractivity contribution >= 4 is 28.4 Å². The molecule has 0 fully saturated rings. The lowest BCUT2D eigenvalue weighted by molar-refractivity contribution is 0.0847. The second-order valence-electron chi connectivity index (χ2n) is 6.01. The maximum Gasteiger partial charge on any atom is 0.270 e. The number of hydrogen-bond donors (Lipinski definition) is 2. The fraction of sp³-hybridized carbons (Fsp3) is 0.200. The summed E-state index contributed by atoms with van der Waals surface area (Å²) >= 11 is 5.98. The summed E-state index contributed by atoms with van der Waals surface area (Å²) in [6.07, 6.45) is -0.847. The largest absolute Gasteiger partial charge is 0.497 e. The van der Waals surface area contributed by atoms with Crippen LogP contribution in [0.3, 0.4) is 0 Å². The first-order valence-electron chi connectivity index (χ1n) is 8.17. The summed E-state index contributed by atoms with van der Waals surface area (Å²) in [7, 11) is 1.58. The first-order chi connectivity index (χ1) is 12.5. The monoisotopic (exact) mass is 370 g/mol. The SMILES string of the molecule is COc1ccc([C@@H](O)[C@H](C)NC(=O)c2ccc3ccc(Cl)cc3n2)cc1. The topological polar surface area (TPSA) is 71.5 Å². The molecule has 2 atom stereocenters. The first-order valence-corrected chi connectivity index (χ1v) is 8.55. The maximum absolute atomic E-state index is 12.5. The number of hydrogen-bond acceptors (Lipinski definition) is 4. The highest BCUT2D eigenvalue weighted by Gasteiger charge is 2.20. The number of carbonyl (C=O) groups is 1. The molecule has 0 radical (unpaired) electrons. The Morgan fingerprint density at radius 2 is 1.85 bits per heavy atom. The van der Waals surface area contributed by atoms with E-state index in [0.29, 0.717) is 21.9 Å². The Labute approximate surface area is 156 Å². The van der Waals surface area contributed by atoms with Gasteiger partial charge in [0, 0.05) is 10.4 Å². The van der Waals surface area contributed by atoms with E-state index >= 15 is 0 Å². The number of ether oxygens (including phenoxy) is 1. The van der Waals surface area contributed by atoms with Gasteiger partial charge >= 0.3 is 0 Å². The highest BCUT2D eigenvalue weighted by Crippen LogP contribution is 2.21. The van der Waals surface area contributed by atoms with Crippen LogP contribution >= 0.6 is 11.6 Å². The van der Waals surface area contributed by atoms with Crippen molar-refractivity contribution in [2.24, 2.45) is 0 Å². The zero-order chi connectivity index (χ0) is 18.7. The smallest absolute Gasteiger partial charge is 0.270 e. The maximum atomic E-state index is 12.5. The number of methoxy groups -OCH3 is 1. The zero-order valence-corrected chi connectivity index (χ0v) is 15.2. The summed E-state index contributed by atoms with van der Waals surface area (Å²) in [5.74, 6) is 0.351. The Balaban J connectivity index is 1.73. The lowest BCUT2D eigenvalue weighted by Crippen LogP contribution is -2.37. The van der Waals surface area contributed by atoms with Gasteiger partial charge in [0.25, 0.3) is 5.91 Å². The molecule has 0 bridgehead atoms. The molecule has 0 unspecified atom stereocenters. The van der Waals surface area contributed by atoms with Gasteiger partial charge in [-0.05, 0) is 42.8 Å². The molecule has 3 aromatic rings. The van der Waals surface area contributed by atoms with Gasteiger partial charge in [0.15, 0.2) is 0 Å². The van der Waals surface area contributed by atoms with Gasteiger partial charge < -0.3 is 15.2 Å². The minimum absolute atomic E-state index is 0.272. The van der Waals surface area contributed by atoms with Gasteiger partial charge in [-0.3, -0.25) is 4.79 Å². The van der Waals surface area contributed by atoms with E-state index in [1.54, 1.807) is 56.5 Å². The number of benzene rings is 2. The number of pyridine rings is 1. The quantitative estimate of drug-likeness (QED) is 0.717. The van der Waals surface area contributed by atoms with Crippen LogP contribution in [0.25, 0.3) is 10.9 Å². The third kappa shape index (κ3) is 3.95. The minimum Gasteiger partial charge on any atom is -0.497 e. The zero-order valence-electron chi connectivity index (χ0n) is 14.4. The molecule has 2 N–H and O–H groups in total. The lowest BCUT2D eigenvalue weighted by Gasteiger charge is -2.20. The van der Waals surface area contributed by atoms with E-state index in [0.717, 1.165) is 5.39 Å². The van der Waals surface area contributed by atoms with Crippen molar-refractivity contribution in [1.82, 2.24) is 10.3 Å². The van der Waals surface area contributed by atoms with Gasteiger partial charge in [0.2, 0.25) is 0 Å². The molecule has 0 saturated carbocycles. The van der Waals surface area contributed by atoms with Gasteiger partial charge in [-0.2, -0.15) is 0 Å². The van der Waals surface area contributed by atoms with Crippen LogP contribution in [-0.4, -0.2) is 29.1 Å². The third-order valence-electron chi connectivity index (χ3n) is 4.18. The summed E-state index contributed by atoms with van der Waals surface area (Å²) in [5.41, 5.74) is 1.61. The van der Waals surface area contributed by atoms with E-state index < -0.39 is 12.1 Å². The number of aliphatic hydroxyl groups is 1. The normalized spacial score (nSPS) is 13.2. The molecule has 0 aliphatic carbocycles. The van der Waals surface area contributed by atoms with Gasteiger partial charge in [0.05, 0.1) is 24.8 Å². The van der Waals surface area contributed by atoms with Crippen molar-refractivity contribution in [1.29, 1.82) is 0 Å². The number of amides is 1. The second kappa shape index (κ2) is 7.72. The van der Waals surface area contributed by atoms with Crippen LogP contribution in [0.5, 0.6) is 5.75 Å². The minimum atomic E-state index is -0.847. The van der Waals surface area contributed by atoms with Crippen LogP contribution < -0.4 is 10.1 Å². The Hall–Kier alpha value is -2.63. The third-order valence-corrected chi connectivity index (χ3v) is 4.41. The molecule has 0 saturated heterocycles. The fourth-order valence-corrected chi connectivity index (χ4v) is 2.83. The number of aliphatic hydroxyl groups excluding tert-OH is 1. The predicted molar refractivity (Wildman–Crippen MR) is 102 cm³/mol. The Bertz CT molecular complexity index is 928. The second-order valence-corrected chi connectivity index (χ2v) is 6.45. The van der Waals surface area contributed by atoms with Crippen molar-refractivity contribution in [3.63, 3.8) is 0 Å². The molecular formula is C20H19ClN2O3. The molecule has 0 aliphatic heterocycles. The molecule has 1 aromatic heterocycles. The van der Waals surface area contributed by atoms with E-state index in [1.807, 2.05) is 12.1 Å².